The van der Waals surface area contributed by atoms with Crippen molar-refractivity contribution in [3.8, 4) is 17.2 Å². The third-order valence-electron chi connectivity index (χ3n) is 9.43. The van der Waals surface area contributed by atoms with Gasteiger partial charge in [0.1, 0.15) is 5.76 Å². The Morgan fingerprint density at radius 2 is 1.78 bits per heavy atom. The van der Waals surface area contributed by atoms with Gasteiger partial charge in [0.2, 0.25) is 11.7 Å². The van der Waals surface area contributed by atoms with Crippen LogP contribution in [0.4, 0.5) is 14.7 Å². The Morgan fingerprint density at radius 1 is 1.02 bits per heavy atom. The van der Waals surface area contributed by atoms with E-state index in [2.05, 4.69) is 21.3 Å². The number of hydrogen-bond acceptors (Lipinski definition) is 8. The van der Waals surface area contributed by atoms with Crippen LogP contribution in [0.3, 0.4) is 0 Å². The van der Waals surface area contributed by atoms with Crippen molar-refractivity contribution in [1.29, 1.82) is 0 Å². The van der Waals surface area contributed by atoms with Gasteiger partial charge in [-0.3, -0.25) is 4.79 Å². The zero-order valence-corrected chi connectivity index (χ0v) is 28.8. The highest BCUT2D eigenvalue weighted by atomic mass is 19.2. The lowest BCUT2D eigenvalue weighted by atomic mass is 9.93. The number of likely N-dealkylation sites (tertiary alicyclic amines) is 1. The summed E-state index contributed by atoms with van der Waals surface area (Å²) in [6.07, 6.45) is 4.85. The summed E-state index contributed by atoms with van der Waals surface area (Å²) in [6, 6.07) is 17.4. The van der Waals surface area contributed by atoms with Gasteiger partial charge in [-0.25, -0.2) is 13.8 Å². The Morgan fingerprint density at radius 3 is 2.44 bits per heavy atom. The van der Waals surface area contributed by atoms with Crippen molar-refractivity contribution in [2.45, 2.75) is 37.6 Å². The van der Waals surface area contributed by atoms with E-state index in [4.69, 9.17) is 23.6 Å². The second-order valence-corrected chi connectivity index (χ2v) is 12.7. The molecule has 1 aliphatic rings. The van der Waals surface area contributed by atoms with Crippen molar-refractivity contribution in [2.24, 2.45) is 0 Å². The highest BCUT2D eigenvalue weighted by Crippen LogP contribution is 2.38. The van der Waals surface area contributed by atoms with E-state index in [1.165, 1.54) is 27.4 Å². The number of ether oxygens (including phenoxy) is 3. The maximum Gasteiger partial charge on any atom is 0.253 e. The maximum absolute atomic E-state index is 14.4. The number of aromatic nitrogens is 2. The SMILES string of the molecule is COc1cc(C(=O)N(C)CC(CCN2CCC(Nc3nc4c(Cc5ccco5)cccc4[nH]3)CC2)c2ccc(F)c(F)c2)cc(OC)c1OC. The minimum Gasteiger partial charge on any atom is -0.493 e. The van der Waals surface area contributed by atoms with Crippen LogP contribution in [0.1, 0.15) is 52.4 Å². The molecule has 1 atom stereocenters. The van der Waals surface area contributed by atoms with Crippen LogP contribution < -0.4 is 19.5 Å². The van der Waals surface area contributed by atoms with Crippen LogP contribution in [0.25, 0.3) is 11.0 Å². The molecule has 12 heteroatoms. The van der Waals surface area contributed by atoms with Gasteiger partial charge in [-0.15, -0.1) is 0 Å². The highest BCUT2D eigenvalue weighted by molar-refractivity contribution is 5.95. The van der Waals surface area contributed by atoms with Crippen molar-refractivity contribution >= 4 is 22.9 Å². The predicted octanol–water partition coefficient (Wildman–Crippen LogP) is 6.87. The van der Waals surface area contributed by atoms with Crippen LogP contribution >= 0.6 is 0 Å². The number of fused-ring (bicyclic) bond motifs is 1. The van der Waals surface area contributed by atoms with E-state index in [0.717, 1.165) is 66.8 Å². The van der Waals surface area contributed by atoms with Gasteiger partial charge in [0.25, 0.3) is 5.91 Å². The molecule has 1 saturated heterocycles. The quantitative estimate of drug-likeness (QED) is 0.130. The molecule has 5 aromatic rings. The number of amides is 1. The molecule has 0 spiro atoms. The normalized spacial score (nSPS) is 14.4. The summed E-state index contributed by atoms with van der Waals surface area (Å²) in [4.78, 5) is 25.9. The Balaban J connectivity index is 1.08. The van der Waals surface area contributed by atoms with Gasteiger partial charge in [0, 0.05) is 50.6 Å². The lowest BCUT2D eigenvalue weighted by molar-refractivity contribution is 0.0781. The zero-order chi connectivity index (χ0) is 35.2. The van der Waals surface area contributed by atoms with Crippen molar-refractivity contribution in [2.75, 3.05) is 59.9 Å². The van der Waals surface area contributed by atoms with Gasteiger partial charge < -0.3 is 38.7 Å². The number of halogens is 2. The van der Waals surface area contributed by atoms with E-state index in [1.807, 2.05) is 24.3 Å². The third kappa shape index (κ3) is 7.86. The van der Waals surface area contributed by atoms with Crippen molar-refractivity contribution < 1.29 is 32.2 Å². The van der Waals surface area contributed by atoms with E-state index in [1.54, 1.807) is 36.4 Å². The number of nitrogens with zero attached hydrogens (tertiary/aromatic N) is 3. The Labute approximate surface area is 290 Å². The average molecular weight is 688 g/mol. The minimum absolute atomic E-state index is 0.233. The van der Waals surface area contributed by atoms with Crippen LogP contribution in [0.5, 0.6) is 17.2 Å². The number of likely N-dealkylation sites (N-methyl/N-ethyl adjacent to an activating group) is 1. The van der Waals surface area contributed by atoms with Gasteiger partial charge in [0.15, 0.2) is 23.1 Å². The molecule has 50 heavy (non-hydrogen) atoms. The van der Waals surface area contributed by atoms with Crippen LogP contribution in [-0.2, 0) is 6.42 Å². The number of carbonyl (C=O) groups excluding carboxylic acids is 1. The molecule has 0 radical (unpaired) electrons. The lowest BCUT2D eigenvalue weighted by Gasteiger charge is -2.34. The first-order valence-corrected chi connectivity index (χ1v) is 16.8. The monoisotopic (exact) mass is 687 g/mol. The van der Waals surface area contributed by atoms with Gasteiger partial charge in [-0.2, -0.15) is 0 Å². The fraction of sp³-hybridized carbons (Fsp3) is 0.368. The largest absolute Gasteiger partial charge is 0.493 e. The molecule has 1 amide bonds. The van der Waals surface area contributed by atoms with Gasteiger partial charge >= 0.3 is 0 Å². The molecule has 2 N–H and O–H groups in total. The number of H-pyrrole nitrogens is 1. The number of methoxy groups -OCH3 is 3. The molecule has 3 aromatic carbocycles. The van der Waals surface area contributed by atoms with E-state index in [-0.39, 0.29) is 17.9 Å². The number of aromatic amines is 1. The first-order valence-electron chi connectivity index (χ1n) is 16.8. The van der Waals surface area contributed by atoms with E-state index in [9.17, 15) is 13.6 Å². The molecule has 1 aliphatic heterocycles. The van der Waals surface area contributed by atoms with Gasteiger partial charge in [-0.05, 0) is 79.4 Å². The number of carbonyl (C=O) groups is 1. The molecule has 1 unspecified atom stereocenters. The summed E-state index contributed by atoms with van der Waals surface area (Å²) < 4.78 is 50.1. The second-order valence-electron chi connectivity index (χ2n) is 12.7. The number of nitrogens with one attached hydrogen (secondary N) is 2. The molecule has 6 rings (SSSR count). The third-order valence-corrected chi connectivity index (χ3v) is 9.43. The maximum atomic E-state index is 14.4. The highest BCUT2D eigenvalue weighted by Gasteiger charge is 2.25. The minimum atomic E-state index is -0.906. The summed E-state index contributed by atoms with van der Waals surface area (Å²) in [7, 11) is 6.19. The fourth-order valence-corrected chi connectivity index (χ4v) is 6.70. The second kappa shape index (κ2) is 15.6. The molecule has 3 heterocycles. The molecule has 1 fully saturated rings. The number of rotatable bonds is 14. The number of hydrogen-bond donors (Lipinski definition) is 2. The first kappa shape index (κ1) is 34.8. The summed E-state index contributed by atoms with van der Waals surface area (Å²) in [5.74, 6) is 0.474. The van der Waals surface area contributed by atoms with E-state index >= 15 is 0 Å². The molecular formula is C38H43F2N5O5. The van der Waals surface area contributed by atoms with Crippen LogP contribution in [0.15, 0.2) is 71.3 Å². The molecule has 2 aromatic heterocycles. The van der Waals surface area contributed by atoms with Crippen LogP contribution in [0, 0.1) is 11.6 Å². The lowest BCUT2D eigenvalue weighted by Crippen LogP contribution is -2.40. The molecule has 10 nitrogen and oxygen atoms in total. The Hall–Kier alpha value is -5.10. The molecule has 264 valence electrons. The number of benzene rings is 3. The molecule has 0 bridgehead atoms. The number of anilines is 1. The van der Waals surface area contributed by atoms with Crippen molar-refractivity contribution in [3.63, 3.8) is 0 Å². The smallest absolute Gasteiger partial charge is 0.253 e. The summed E-state index contributed by atoms with van der Waals surface area (Å²) in [5.41, 5.74) is 4.01. The topological polar surface area (TPSA) is 105 Å². The summed E-state index contributed by atoms with van der Waals surface area (Å²) in [5, 5.41) is 3.59. The Kier molecular flexibility index (Phi) is 10.9. The number of furan rings is 1. The Bertz CT molecular complexity index is 1880. The van der Waals surface area contributed by atoms with E-state index in [0.29, 0.717) is 47.8 Å². The van der Waals surface area contributed by atoms with E-state index < -0.39 is 11.6 Å². The first-order chi connectivity index (χ1) is 24.3. The zero-order valence-electron chi connectivity index (χ0n) is 28.8. The van der Waals surface area contributed by atoms with Crippen molar-refractivity contribution in [3.05, 3.63) is 101 Å². The van der Waals surface area contributed by atoms with Crippen molar-refractivity contribution in [1.82, 2.24) is 19.8 Å². The summed E-state index contributed by atoms with van der Waals surface area (Å²) >= 11 is 0. The van der Waals surface area contributed by atoms with Crippen LogP contribution in [-0.4, -0.2) is 86.3 Å². The van der Waals surface area contributed by atoms with Gasteiger partial charge in [0.05, 0.1) is 38.6 Å². The molecule has 0 aliphatic carbocycles. The standard InChI is InChI=1S/C38H43F2N5O5/c1-44(37(46)27-21-33(47-2)36(49-4)34(22-27)48-3)23-26(24-10-11-30(39)31(40)20-24)12-15-45-16-13-28(14-17-45)41-38-42-32-9-5-7-25(35(32)43-38)19-29-8-6-18-50-29/h5-11,18,20-22,26,28H,12-17,19,23H2,1-4H3,(H2,41,42,43). The fourth-order valence-electron chi connectivity index (χ4n) is 6.70. The number of imidazole rings is 1. The molecule has 0 saturated carbocycles. The van der Waals surface area contributed by atoms with Gasteiger partial charge in [-0.1, -0.05) is 18.2 Å². The average Bonchev–Trinajstić information content (AvgIpc) is 3.81. The van der Waals surface area contributed by atoms with Crippen LogP contribution in [0.2, 0.25) is 0 Å². The molecular weight excluding hydrogens is 644 g/mol. The predicted molar refractivity (Wildman–Crippen MR) is 187 cm³/mol. The number of para-hydroxylation sites is 1. The number of piperidine rings is 1. The summed E-state index contributed by atoms with van der Waals surface area (Å²) in [6.45, 7) is 2.77.